The molecule has 1 aromatic heterocycles. The molecule has 0 saturated heterocycles. The monoisotopic (exact) mass is 351 g/mol. The SMILES string of the molecule is Nc1nc(N)nc(COC(=O)Cc2cc(Cl)c3c(c2)OCCO3)n1. The molecule has 1 aromatic carbocycles. The van der Waals surface area contributed by atoms with Gasteiger partial charge >= 0.3 is 5.97 Å². The number of ether oxygens (including phenoxy) is 3. The number of nitrogen functional groups attached to an aromatic ring is 2. The van der Waals surface area contributed by atoms with Crippen LogP contribution >= 0.6 is 11.6 Å². The van der Waals surface area contributed by atoms with E-state index in [1.165, 1.54) is 0 Å². The molecule has 0 aliphatic carbocycles. The van der Waals surface area contributed by atoms with Crippen LogP contribution in [-0.4, -0.2) is 34.1 Å². The Morgan fingerprint density at radius 3 is 2.62 bits per heavy atom. The van der Waals surface area contributed by atoms with Gasteiger partial charge in [0.15, 0.2) is 23.9 Å². The summed E-state index contributed by atoms with van der Waals surface area (Å²) in [5.41, 5.74) is 11.5. The first-order valence-corrected chi connectivity index (χ1v) is 7.38. The van der Waals surface area contributed by atoms with E-state index in [4.69, 9.17) is 37.3 Å². The molecule has 1 aliphatic rings. The van der Waals surface area contributed by atoms with Crippen LogP contribution in [0.25, 0.3) is 0 Å². The molecular formula is C14H14ClN5O4. The third-order valence-corrected chi connectivity index (χ3v) is 3.36. The van der Waals surface area contributed by atoms with Crippen LogP contribution in [0, 0.1) is 0 Å². The Kier molecular flexibility index (Phi) is 4.52. The van der Waals surface area contributed by atoms with E-state index in [0.717, 1.165) is 0 Å². The maximum Gasteiger partial charge on any atom is 0.310 e. The molecule has 1 aliphatic heterocycles. The summed E-state index contributed by atoms with van der Waals surface area (Å²) < 4.78 is 16.0. The van der Waals surface area contributed by atoms with Gasteiger partial charge in [-0.3, -0.25) is 4.79 Å². The highest BCUT2D eigenvalue weighted by molar-refractivity contribution is 6.32. The van der Waals surface area contributed by atoms with Gasteiger partial charge in [0.05, 0.1) is 11.4 Å². The average molecular weight is 352 g/mol. The average Bonchev–Trinajstić information content (AvgIpc) is 2.52. The number of esters is 1. The smallest absolute Gasteiger partial charge is 0.310 e. The molecule has 0 atom stereocenters. The Hall–Kier alpha value is -2.81. The highest BCUT2D eigenvalue weighted by atomic mass is 35.5. The fourth-order valence-electron chi connectivity index (χ4n) is 2.15. The summed E-state index contributed by atoms with van der Waals surface area (Å²) in [6.07, 6.45) is 0.00636. The van der Waals surface area contributed by atoms with E-state index in [0.29, 0.717) is 35.3 Å². The second kappa shape index (κ2) is 6.75. The Bertz CT molecular complexity index is 766. The molecule has 0 fully saturated rings. The van der Waals surface area contributed by atoms with Crippen molar-refractivity contribution in [1.82, 2.24) is 15.0 Å². The zero-order chi connectivity index (χ0) is 17.1. The van der Waals surface area contributed by atoms with Gasteiger partial charge in [0, 0.05) is 0 Å². The summed E-state index contributed by atoms with van der Waals surface area (Å²) >= 11 is 6.13. The van der Waals surface area contributed by atoms with E-state index in [1.54, 1.807) is 12.1 Å². The highest BCUT2D eigenvalue weighted by Gasteiger charge is 2.18. The molecule has 3 rings (SSSR count). The van der Waals surface area contributed by atoms with Crippen molar-refractivity contribution in [3.63, 3.8) is 0 Å². The number of nitrogens with two attached hydrogens (primary N) is 2. The maximum atomic E-state index is 12.0. The standard InChI is InChI=1S/C14H14ClN5O4/c15-8-3-7(4-9-12(8)23-2-1-22-9)5-11(21)24-6-10-18-13(16)20-14(17)19-10/h3-4H,1-2,5-6H2,(H4,16,17,18,19,20). The van der Waals surface area contributed by atoms with Crippen LogP contribution in [0.4, 0.5) is 11.9 Å². The van der Waals surface area contributed by atoms with Crippen molar-refractivity contribution >= 4 is 29.5 Å². The van der Waals surface area contributed by atoms with Gasteiger partial charge in [-0.1, -0.05) is 11.6 Å². The van der Waals surface area contributed by atoms with E-state index >= 15 is 0 Å². The van der Waals surface area contributed by atoms with Gasteiger partial charge in [0.2, 0.25) is 11.9 Å². The molecule has 0 radical (unpaired) electrons. The Labute approximate surface area is 141 Å². The molecule has 24 heavy (non-hydrogen) atoms. The summed E-state index contributed by atoms with van der Waals surface area (Å²) in [5, 5.41) is 0.382. The molecular weight excluding hydrogens is 338 g/mol. The number of anilines is 2. The van der Waals surface area contributed by atoms with Crippen LogP contribution < -0.4 is 20.9 Å². The number of nitrogens with zero attached hydrogens (tertiary/aromatic N) is 3. The predicted molar refractivity (Wildman–Crippen MR) is 84.6 cm³/mol. The lowest BCUT2D eigenvalue weighted by Crippen LogP contribution is -2.16. The molecule has 0 saturated carbocycles. The maximum absolute atomic E-state index is 12.0. The lowest BCUT2D eigenvalue weighted by molar-refractivity contribution is -0.144. The summed E-state index contributed by atoms with van der Waals surface area (Å²) in [5.74, 6) is 0.610. The van der Waals surface area contributed by atoms with Crippen LogP contribution in [0.5, 0.6) is 11.5 Å². The molecule has 0 spiro atoms. The van der Waals surface area contributed by atoms with Crippen molar-refractivity contribution in [2.24, 2.45) is 0 Å². The van der Waals surface area contributed by atoms with Gasteiger partial charge in [0.25, 0.3) is 0 Å². The molecule has 0 bridgehead atoms. The molecule has 4 N–H and O–H groups in total. The molecule has 0 amide bonds. The minimum absolute atomic E-state index is 0.00636. The molecule has 9 nitrogen and oxygen atoms in total. The van der Waals surface area contributed by atoms with E-state index < -0.39 is 5.97 Å². The number of carbonyl (C=O) groups excluding carboxylic acids is 1. The molecule has 0 unspecified atom stereocenters. The fraction of sp³-hybridized carbons (Fsp3) is 0.286. The summed E-state index contributed by atoms with van der Waals surface area (Å²) in [6, 6.07) is 3.33. The summed E-state index contributed by atoms with van der Waals surface area (Å²) in [7, 11) is 0. The van der Waals surface area contributed by atoms with Crippen molar-refractivity contribution in [2.75, 3.05) is 24.7 Å². The van der Waals surface area contributed by atoms with Gasteiger partial charge in [-0.25, -0.2) is 0 Å². The van der Waals surface area contributed by atoms with Crippen molar-refractivity contribution in [1.29, 1.82) is 0 Å². The van der Waals surface area contributed by atoms with Crippen LogP contribution in [0.2, 0.25) is 5.02 Å². The number of benzene rings is 1. The van der Waals surface area contributed by atoms with Crippen molar-refractivity contribution in [3.8, 4) is 11.5 Å². The third-order valence-electron chi connectivity index (χ3n) is 3.08. The Balaban J connectivity index is 1.63. The van der Waals surface area contributed by atoms with Crippen LogP contribution in [0.15, 0.2) is 12.1 Å². The zero-order valence-corrected chi connectivity index (χ0v) is 13.2. The summed E-state index contributed by atoms with van der Waals surface area (Å²) in [6.45, 7) is 0.708. The van der Waals surface area contributed by atoms with E-state index in [2.05, 4.69) is 15.0 Å². The van der Waals surface area contributed by atoms with Gasteiger partial charge < -0.3 is 25.7 Å². The van der Waals surface area contributed by atoms with E-state index in [1.807, 2.05) is 0 Å². The van der Waals surface area contributed by atoms with Crippen LogP contribution in [0.1, 0.15) is 11.4 Å². The van der Waals surface area contributed by atoms with Gasteiger partial charge in [-0.05, 0) is 17.7 Å². The largest absolute Gasteiger partial charge is 0.486 e. The number of fused-ring (bicyclic) bond motifs is 1. The van der Waals surface area contributed by atoms with Gasteiger partial charge in [-0.2, -0.15) is 15.0 Å². The van der Waals surface area contributed by atoms with Crippen molar-refractivity contribution in [3.05, 3.63) is 28.5 Å². The number of rotatable bonds is 4. The lowest BCUT2D eigenvalue weighted by Gasteiger charge is -2.20. The quantitative estimate of drug-likeness (QED) is 0.764. The van der Waals surface area contributed by atoms with E-state index in [9.17, 15) is 4.79 Å². The number of carbonyl (C=O) groups is 1. The summed E-state index contributed by atoms with van der Waals surface area (Å²) in [4.78, 5) is 23.2. The number of hydrogen-bond acceptors (Lipinski definition) is 9. The minimum atomic E-state index is -0.486. The van der Waals surface area contributed by atoms with E-state index in [-0.39, 0.29) is 30.7 Å². The third kappa shape index (κ3) is 3.74. The molecule has 10 heteroatoms. The molecule has 2 aromatic rings. The highest BCUT2D eigenvalue weighted by Crippen LogP contribution is 2.38. The number of hydrogen-bond donors (Lipinski definition) is 2. The first kappa shape index (κ1) is 16.1. The van der Waals surface area contributed by atoms with Crippen molar-refractivity contribution in [2.45, 2.75) is 13.0 Å². The lowest BCUT2D eigenvalue weighted by atomic mass is 10.1. The first-order valence-electron chi connectivity index (χ1n) is 7.01. The molecule has 2 heterocycles. The van der Waals surface area contributed by atoms with Gasteiger partial charge in [0.1, 0.15) is 13.2 Å². The van der Waals surface area contributed by atoms with Crippen molar-refractivity contribution < 1.29 is 19.0 Å². The van der Waals surface area contributed by atoms with Gasteiger partial charge in [-0.15, -0.1) is 0 Å². The number of aromatic nitrogens is 3. The Morgan fingerprint density at radius 2 is 1.88 bits per heavy atom. The molecule has 126 valence electrons. The minimum Gasteiger partial charge on any atom is -0.486 e. The fourth-order valence-corrected chi connectivity index (χ4v) is 2.44. The van der Waals surface area contributed by atoms with Crippen LogP contribution in [-0.2, 0) is 22.6 Å². The Morgan fingerprint density at radius 1 is 1.17 bits per heavy atom. The first-order chi connectivity index (χ1) is 11.5. The number of halogens is 1. The zero-order valence-electron chi connectivity index (χ0n) is 12.5. The topological polar surface area (TPSA) is 135 Å². The second-order valence-corrected chi connectivity index (χ2v) is 5.31. The predicted octanol–water partition coefficient (Wildman–Crippen LogP) is 0.746. The second-order valence-electron chi connectivity index (χ2n) is 4.91. The van der Waals surface area contributed by atoms with Crippen LogP contribution in [0.3, 0.4) is 0 Å². The normalized spacial score (nSPS) is 12.7.